The molecule has 1 N–H and O–H groups in total. The van der Waals surface area contributed by atoms with Gasteiger partial charge in [-0.25, -0.2) is 0 Å². The smallest absolute Gasteiger partial charge is 0.259 e. The molecule has 5 heteroatoms. The summed E-state index contributed by atoms with van der Waals surface area (Å²) in [4.78, 5) is 37.2. The molecular weight excluding hydrogens is 268 g/mol. The zero-order chi connectivity index (χ0) is 15.1. The highest BCUT2D eigenvalue weighted by Crippen LogP contribution is 2.35. The van der Waals surface area contributed by atoms with Gasteiger partial charge in [-0.3, -0.25) is 24.6 Å². The summed E-state index contributed by atoms with van der Waals surface area (Å²) < 4.78 is 0. The number of hydrogen-bond acceptors (Lipinski definition) is 3. The van der Waals surface area contributed by atoms with Gasteiger partial charge in [0.1, 0.15) is 6.04 Å². The van der Waals surface area contributed by atoms with Gasteiger partial charge < -0.3 is 0 Å². The van der Waals surface area contributed by atoms with Crippen molar-refractivity contribution in [1.82, 2.24) is 10.2 Å². The predicted octanol–water partition coefficient (Wildman–Crippen LogP) is 1.48. The van der Waals surface area contributed by atoms with E-state index in [0.717, 1.165) is 17.5 Å². The third-order valence-electron chi connectivity index (χ3n) is 4.06. The normalized spacial score (nSPS) is 21.6. The van der Waals surface area contributed by atoms with Gasteiger partial charge in [0.2, 0.25) is 11.8 Å². The number of carbonyl (C=O) groups is 3. The molecule has 2 aliphatic heterocycles. The molecule has 1 fully saturated rings. The summed E-state index contributed by atoms with van der Waals surface area (Å²) in [6.45, 7) is 6.01. The Morgan fingerprint density at radius 1 is 1.29 bits per heavy atom. The van der Waals surface area contributed by atoms with Gasteiger partial charge >= 0.3 is 0 Å². The van der Waals surface area contributed by atoms with Crippen molar-refractivity contribution < 1.29 is 14.4 Å². The van der Waals surface area contributed by atoms with E-state index in [1.807, 2.05) is 19.1 Å². The van der Waals surface area contributed by atoms with Crippen LogP contribution in [0.15, 0.2) is 24.8 Å². The fraction of sp³-hybridized carbons (Fsp3) is 0.312. The number of piperidine rings is 1. The average molecular weight is 284 g/mol. The minimum atomic E-state index is -0.653. The Morgan fingerprint density at radius 2 is 2.05 bits per heavy atom. The largest absolute Gasteiger partial charge is 0.296 e. The lowest BCUT2D eigenvalue weighted by atomic mass is 10.0. The molecule has 1 atom stereocenters. The molecule has 0 radical (unpaired) electrons. The molecular formula is C16H16N2O3. The molecule has 3 rings (SSSR count). The molecule has 2 heterocycles. The van der Waals surface area contributed by atoms with E-state index in [4.69, 9.17) is 0 Å². The summed E-state index contributed by atoms with van der Waals surface area (Å²) in [6, 6.07) is 4.99. The van der Waals surface area contributed by atoms with Crippen molar-refractivity contribution >= 4 is 23.4 Å². The Bertz CT molecular complexity index is 678. The summed E-state index contributed by atoms with van der Waals surface area (Å²) in [5.74, 6) is -0.935. The number of nitrogens with one attached hydrogen (secondary N) is 1. The van der Waals surface area contributed by atoms with E-state index >= 15 is 0 Å². The molecule has 0 aliphatic carbocycles. The average Bonchev–Trinajstić information content (AvgIpc) is 2.71. The first-order valence-corrected chi connectivity index (χ1v) is 7.02. The second-order valence-corrected chi connectivity index (χ2v) is 5.32. The van der Waals surface area contributed by atoms with Crippen molar-refractivity contribution in [3.8, 4) is 0 Å². The van der Waals surface area contributed by atoms with Gasteiger partial charge in [-0.2, -0.15) is 0 Å². The second-order valence-electron chi connectivity index (χ2n) is 5.32. The number of aryl methyl sites for hydroxylation is 1. The standard InChI is InChI=1S/C16H16N2O3/c1-3-10-4-5-11-12(8-10)9(2)18(16(11)21)13-6-7-14(19)17-15(13)20/h4-5,8,13H,2-3,6-7H2,1H3,(H,17,19,20). The molecule has 1 aromatic carbocycles. The molecule has 1 aromatic rings. The Hall–Kier alpha value is -2.43. The van der Waals surface area contributed by atoms with Crippen LogP contribution >= 0.6 is 0 Å². The van der Waals surface area contributed by atoms with Gasteiger partial charge in [0, 0.05) is 23.2 Å². The first kappa shape index (κ1) is 13.5. The van der Waals surface area contributed by atoms with Crippen molar-refractivity contribution in [1.29, 1.82) is 0 Å². The van der Waals surface area contributed by atoms with E-state index in [2.05, 4.69) is 11.9 Å². The van der Waals surface area contributed by atoms with Gasteiger partial charge in [0.15, 0.2) is 0 Å². The minimum Gasteiger partial charge on any atom is -0.296 e. The third-order valence-corrected chi connectivity index (χ3v) is 4.06. The van der Waals surface area contributed by atoms with Gasteiger partial charge in [0.25, 0.3) is 5.91 Å². The van der Waals surface area contributed by atoms with Crippen molar-refractivity contribution in [3.63, 3.8) is 0 Å². The van der Waals surface area contributed by atoms with E-state index in [9.17, 15) is 14.4 Å². The lowest BCUT2D eigenvalue weighted by Crippen LogP contribution is -2.52. The quantitative estimate of drug-likeness (QED) is 0.837. The highest BCUT2D eigenvalue weighted by atomic mass is 16.2. The van der Waals surface area contributed by atoms with E-state index in [1.165, 1.54) is 4.90 Å². The monoisotopic (exact) mass is 284 g/mol. The number of benzene rings is 1. The Balaban J connectivity index is 1.96. The van der Waals surface area contributed by atoms with Crippen LogP contribution in [0.4, 0.5) is 0 Å². The molecule has 0 aromatic heterocycles. The maximum Gasteiger partial charge on any atom is 0.259 e. The molecule has 21 heavy (non-hydrogen) atoms. The van der Waals surface area contributed by atoms with Crippen molar-refractivity contribution in [2.75, 3.05) is 0 Å². The topological polar surface area (TPSA) is 66.5 Å². The lowest BCUT2D eigenvalue weighted by Gasteiger charge is -2.30. The van der Waals surface area contributed by atoms with Crippen LogP contribution in [0.25, 0.3) is 5.70 Å². The second kappa shape index (κ2) is 4.84. The van der Waals surface area contributed by atoms with Crippen molar-refractivity contribution in [2.24, 2.45) is 0 Å². The van der Waals surface area contributed by atoms with Crippen LogP contribution in [0.1, 0.15) is 41.3 Å². The van der Waals surface area contributed by atoms with Gasteiger partial charge in [-0.15, -0.1) is 0 Å². The highest BCUT2D eigenvalue weighted by molar-refractivity contribution is 6.12. The first-order valence-electron chi connectivity index (χ1n) is 7.02. The van der Waals surface area contributed by atoms with Crippen LogP contribution in [-0.4, -0.2) is 28.7 Å². The zero-order valence-electron chi connectivity index (χ0n) is 11.8. The lowest BCUT2D eigenvalue weighted by molar-refractivity contribution is -0.136. The van der Waals surface area contributed by atoms with Crippen LogP contribution < -0.4 is 5.32 Å². The SMILES string of the molecule is C=C1c2cc(CC)ccc2C(=O)N1C1CCC(=O)NC1=O. The number of nitrogens with zero attached hydrogens (tertiary/aromatic N) is 1. The number of hydrogen-bond donors (Lipinski definition) is 1. The molecule has 1 unspecified atom stereocenters. The highest BCUT2D eigenvalue weighted by Gasteiger charge is 2.41. The molecule has 0 saturated carbocycles. The molecule has 3 amide bonds. The van der Waals surface area contributed by atoms with Crippen LogP contribution in [0, 0.1) is 0 Å². The van der Waals surface area contributed by atoms with Gasteiger partial charge in [-0.05, 0) is 30.5 Å². The Morgan fingerprint density at radius 3 is 2.71 bits per heavy atom. The maximum atomic E-state index is 12.5. The number of amides is 3. The fourth-order valence-electron chi connectivity index (χ4n) is 2.88. The van der Waals surface area contributed by atoms with E-state index < -0.39 is 11.9 Å². The molecule has 2 aliphatic rings. The fourth-order valence-corrected chi connectivity index (χ4v) is 2.88. The Labute approximate surface area is 122 Å². The van der Waals surface area contributed by atoms with Crippen molar-refractivity contribution in [2.45, 2.75) is 32.2 Å². The Kier molecular flexibility index (Phi) is 3.12. The van der Waals surface area contributed by atoms with Crippen molar-refractivity contribution in [3.05, 3.63) is 41.5 Å². The number of carbonyl (C=O) groups excluding carboxylic acids is 3. The van der Waals surface area contributed by atoms with Crippen LogP contribution in [0.3, 0.4) is 0 Å². The predicted molar refractivity (Wildman–Crippen MR) is 77.2 cm³/mol. The molecule has 5 nitrogen and oxygen atoms in total. The first-order chi connectivity index (χ1) is 10.0. The number of fused-ring (bicyclic) bond motifs is 1. The van der Waals surface area contributed by atoms with E-state index in [0.29, 0.717) is 17.7 Å². The summed E-state index contributed by atoms with van der Waals surface area (Å²) >= 11 is 0. The van der Waals surface area contributed by atoms with E-state index in [1.54, 1.807) is 6.07 Å². The number of imide groups is 1. The molecule has 108 valence electrons. The maximum absolute atomic E-state index is 12.5. The zero-order valence-corrected chi connectivity index (χ0v) is 11.8. The molecule has 0 spiro atoms. The molecule has 1 saturated heterocycles. The van der Waals surface area contributed by atoms with Gasteiger partial charge in [-0.1, -0.05) is 19.6 Å². The minimum absolute atomic E-state index is 0.216. The summed E-state index contributed by atoms with van der Waals surface area (Å²) in [6.07, 6.45) is 1.45. The van der Waals surface area contributed by atoms with Crippen LogP contribution in [-0.2, 0) is 16.0 Å². The third kappa shape index (κ3) is 2.05. The van der Waals surface area contributed by atoms with Gasteiger partial charge in [0.05, 0.1) is 0 Å². The molecule has 0 bridgehead atoms. The summed E-state index contributed by atoms with van der Waals surface area (Å²) in [5, 5.41) is 2.28. The van der Waals surface area contributed by atoms with Crippen LogP contribution in [0.5, 0.6) is 0 Å². The van der Waals surface area contributed by atoms with Crippen LogP contribution in [0.2, 0.25) is 0 Å². The summed E-state index contributed by atoms with van der Waals surface area (Å²) in [5.41, 5.74) is 3.01. The summed E-state index contributed by atoms with van der Waals surface area (Å²) in [7, 11) is 0. The number of rotatable bonds is 2. The van der Waals surface area contributed by atoms with E-state index in [-0.39, 0.29) is 18.2 Å².